The monoisotopic (exact) mass is 242 g/mol. The fourth-order valence-corrected chi connectivity index (χ4v) is 2.72. The zero-order valence-electron chi connectivity index (χ0n) is 11.9. The Labute approximate surface area is 105 Å². The molecule has 1 unspecified atom stereocenters. The maximum atomic E-state index is 10.9. The van der Waals surface area contributed by atoms with E-state index in [-0.39, 0.29) is 18.2 Å². The lowest BCUT2D eigenvalue weighted by atomic mass is 9.74. The van der Waals surface area contributed by atoms with Crippen LogP contribution in [0.4, 0.5) is 0 Å². The Bertz CT molecular complexity index is 262. The molecule has 3 nitrogen and oxygen atoms in total. The van der Waals surface area contributed by atoms with Crippen LogP contribution in [0.2, 0.25) is 0 Å². The first kappa shape index (κ1) is 14.5. The molecule has 0 radical (unpaired) electrons. The highest BCUT2D eigenvalue weighted by Crippen LogP contribution is 2.37. The molecule has 3 heteroatoms. The molecule has 1 rings (SSSR count). The van der Waals surface area contributed by atoms with Gasteiger partial charge in [-0.1, -0.05) is 34.6 Å². The van der Waals surface area contributed by atoms with E-state index in [0.29, 0.717) is 30.3 Å². The van der Waals surface area contributed by atoms with Gasteiger partial charge in [0.1, 0.15) is 6.61 Å². The van der Waals surface area contributed by atoms with E-state index in [1.807, 2.05) is 0 Å². The van der Waals surface area contributed by atoms with Crippen LogP contribution in [0.25, 0.3) is 0 Å². The van der Waals surface area contributed by atoms with Crippen molar-refractivity contribution in [3.8, 4) is 0 Å². The zero-order chi connectivity index (χ0) is 13.2. The van der Waals surface area contributed by atoms with Crippen LogP contribution in [-0.2, 0) is 14.3 Å². The van der Waals surface area contributed by atoms with Crippen molar-refractivity contribution < 1.29 is 14.3 Å². The summed E-state index contributed by atoms with van der Waals surface area (Å²) in [6.07, 6.45) is 0.305. The molecule has 1 aliphatic rings. The standard InChI is InChI=1S/C14H26O3/c1-8(2)14-11(5)9(3)10(4)13(17-14)7-16-12(6)15/h8-11,13-14H,7H2,1-6H3/t9-,10-,11-,13+,14?/m1/s1. The highest BCUT2D eigenvalue weighted by Gasteiger charge is 2.40. The number of carbonyl (C=O) groups excluding carboxylic acids is 1. The predicted molar refractivity (Wildman–Crippen MR) is 67.6 cm³/mol. The summed E-state index contributed by atoms with van der Waals surface area (Å²) in [5.41, 5.74) is 0. The lowest BCUT2D eigenvalue weighted by Gasteiger charge is -2.45. The molecular formula is C14H26O3. The summed E-state index contributed by atoms with van der Waals surface area (Å²) in [6, 6.07) is 0. The lowest BCUT2D eigenvalue weighted by molar-refractivity contribution is -0.176. The Balaban J connectivity index is 2.67. The van der Waals surface area contributed by atoms with Crippen LogP contribution >= 0.6 is 0 Å². The average Bonchev–Trinajstić information content (AvgIpc) is 2.24. The van der Waals surface area contributed by atoms with Crippen LogP contribution in [0.1, 0.15) is 41.5 Å². The maximum Gasteiger partial charge on any atom is 0.302 e. The molecule has 0 aromatic rings. The summed E-state index contributed by atoms with van der Waals surface area (Å²) < 4.78 is 11.2. The first-order chi connectivity index (χ1) is 7.84. The Kier molecular flexibility index (Phi) is 4.99. The van der Waals surface area contributed by atoms with Crippen molar-refractivity contribution in [1.29, 1.82) is 0 Å². The van der Waals surface area contributed by atoms with Gasteiger partial charge in [0.2, 0.25) is 0 Å². The largest absolute Gasteiger partial charge is 0.463 e. The molecule has 0 amide bonds. The molecule has 0 saturated carbocycles. The second kappa shape index (κ2) is 5.85. The normalized spacial score (nSPS) is 38.2. The second-order valence-electron chi connectivity index (χ2n) is 5.76. The van der Waals surface area contributed by atoms with Crippen molar-refractivity contribution in [1.82, 2.24) is 0 Å². The SMILES string of the molecule is CC(=O)OC[C@@H]1OC(C(C)C)[C@H](C)[C@H](C)[C@H]1C. The average molecular weight is 242 g/mol. The van der Waals surface area contributed by atoms with Crippen molar-refractivity contribution in [2.45, 2.75) is 53.8 Å². The third kappa shape index (κ3) is 3.44. The van der Waals surface area contributed by atoms with Gasteiger partial charge in [0.05, 0.1) is 12.2 Å². The van der Waals surface area contributed by atoms with Gasteiger partial charge < -0.3 is 9.47 Å². The molecule has 0 spiro atoms. The topological polar surface area (TPSA) is 35.5 Å². The van der Waals surface area contributed by atoms with E-state index >= 15 is 0 Å². The van der Waals surface area contributed by atoms with Crippen LogP contribution in [0.3, 0.4) is 0 Å². The van der Waals surface area contributed by atoms with Gasteiger partial charge in [0.15, 0.2) is 0 Å². The van der Waals surface area contributed by atoms with E-state index in [2.05, 4.69) is 34.6 Å². The molecule has 0 bridgehead atoms. The molecule has 5 atom stereocenters. The minimum Gasteiger partial charge on any atom is -0.463 e. The van der Waals surface area contributed by atoms with E-state index in [0.717, 1.165) is 0 Å². The molecular weight excluding hydrogens is 216 g/mol. The highest BCUT2D eigenvalue weighted by molar-refractivity contribution is 5.65. The van der Waals surface area contributed by atoms with E-state index < -0.39 is 0 Å². The number of ether oxygens (including phenoxy) is 2. The van der Waals surface area contributed by atoms with Crippen LogP contribution in [0.15, 0.2) is 0 Å². The molecule has 0 aromatic heterocycles. The van der Waals surface area contributed by atoms with E-state index in [1.54, 1.807) is 0 Å². The van der Waals surface area contributed by atoms with Gasteiger partial charge >= 0.3 is 5.97 Å². The number of carbonyl (C=O) groups is 1. The maximum absolute atomic E-state index is 10.9. The van der Waals surface area contributed by atoms with Crippen molar-refractivity contribution in [3.63, 3.8) is 0 Å². The summed E-state index contributed by atoms with van der Waals surface area (Å²) in [6.45, 7) is 12.9. The van der Waals surface area contributed by atoms with E-state index in [9.17, 15) is 4.79 Å². The van der Waals surface area contributed by atoms with Gasteiger partial charge in [-0.3, -0.25) is 4.79 Å². The smallest absolute Gasteiger partial charge is 0.302 e. The summed E-state index contributed by atoms with van der Waals surface area (Å²) in [5, 5.41) is 0. The summed E-state index contributed by atoms with van der Waals surface area (Å²) >= 11 is 0. The van der Waals surface area contributed by atoms with Gasteiger partial charge in [-0.25, -0.2) is 0 Å². The first-order valence-electron chi connectivity index (χ1n) is 6.63. The fourth-order valence-electron chi connectivity index (χ4n) is 2.72. The molecule has 17 heavy (non-hydrogen) atoms. The van der Waals surface area contributed by atoms with Gasteiger partial charge in [-0.15, -0.1) is 0 Å². The van der Waals surface area contributed by atoms with Gasteiger partial charge in [0, 0.05) is 6.92 Å². The first-order valence-corrected chi connectivity index (χ1v) is 6.63. The minimum atomic E-state index is -0.229. The zero-order valence-corrected chi connectivity index (χ0v) is 11.9. The van der Waals surface area contributed by atoms with Crippen LogP contribution in [-0.4, -0.2) is 24.8 Å². The lowest BCUT2D eigenvalue weighted by Crippen LogP contribution is -2.48. The van der Waals surface area contributed by atoms with Crippen LogP contribution < -0.4 is 0 Å². The van der Waals surface area contributed by atoms with Crippen LogP contribution in [0, 0.1) is 23.7 Å². The van der Waals surface area contributed by atoms with E-state index in [1.165, 1.54) is 6.92 Å². The molecule has 1 heterocycles. The molecule has 0 aromatic carbocycles. The Hall–Kier alpha value is -0.570. The van der Waals surface area contributed by atoms with Gasteiger partial charge in [-0.05, 0) is 23.7 Å². The number of hydrogen-bond acceptors (Lipinski definition) is 3. The van der Waals surface area contributed by atoms with Crippen LogP contribution in [0.5, 0.6) is 0 Å². The predicted octanol–water partition coefficient (Wildman–Crippen LogP) is 2.88. The van der Waals surface area contributed by atoms with E-state index in [4.69, 9.17) is 9.47 Å². The summed E-state index contributed by atoms with van der Waals surface area (Å²) in [4.78, 5) is 10.9. The van der Waals surface area contributed by atoms with Gasteiger partial charge in [0.25, 0.3) is 0 Å². The summed E-state index contributed by atoms with van der Waals surface area (Å²) in [7, 11) is 0. The Morgan fingerprint density at radius 3 is 2.24 bits per heavy atom. The van der Waals surface area contributed by atoms with Crippen molar-refractivity contribution in [2.75, 3.05) is 6.61 Å². The molecule has 0 N–H and O–H groups in total. The Morgan fingerprint density at radius 2 is 1.76 bits per heavy atom. The second-order valence-corrected chi connectivity index (χ2v) is 5.76. The molecule has 0 aliphatic carbocycles. The van der Waals surface area contributed by atoms with Gasteiger partial charge in [-0.2, -0.15) is 0 Å². The quantitative estimate of drug-likeness (QED) is 0.714. The molecule has 1 fully saturated rings. The summed E-state index contributed by atoms with van der Waals surface area (Å²) in [5.74, 6) is 1.85. The number of esters is 1. The molecule has 1 aliphatic heterocycles. The molecule has 1 saturated heterocycles. The number of hydrogen-bond donors (Lipinski definition) is 0. The van der Waals surface area contributed by atoms with Crippen molar-refractivity contribution in [3.05, 3.63) is 0 Å². The third-order valence-electron chi connectivity index (χ3n) is 4.20. The highest BCUT2D eigenvalue weighted by atomic mass is 16.6. The molecule has 100 valence electrons. The minimum absolute atomic E-state index is 0.0394. The number of rotatable bonds is 3. The fraction of sp³-hybridized carbons (Fsp3) is 0.929. The third-order valence-corrected chi connectivity index (χ3v) is 4.20. The van der Waals surface area contributed by atoms with Crippen molar-refractivity contribution >= 4 is 5.97 Å². The Morgan fingerprint density at radius 1 is 1.18 bits per heavy atom. The van der Waals surface area contributed by atoms with Crippen molar-refractivity contribution in [2.24, 2.45) is 23.7 Å².